The van der Waals surface area contributed by atoms with Crippen molar-refractivity contribution in [1.82, 2.24) is 15.1 Å². The molecule has 0 aliphatic carbocycles. The molecular formula is C21H27N3O2S. The number of hydrogen-bond acceptors (Lipinski definition) is 4. The van der Waals surface area contributed by atoms with Crippen LogP contribution in [0.25, 0.3) is 0 Å². The van der Waals surface area contributed by atoms with Crippen LogP contribution in [0.4, 0.5) is 0 Å². The Morgan fingerprint density at radius 3 is 2.78 bits per heavy atom. The maximum absolute atomic E-state index is 12.7. The van der Waals surface area contributed by atoms with Crippen LogP contribution in [0.1, 0.15) is 22.4 Å². The highest BCUT2D eigenvalue weighted by molar-refractivity contribution is 7.10. The molecule has 27 heavy (non-hydrogen) atoms. The average molecular weight is 386 g/mol. The lowest BCUT2D eigenvalue weighted by atomic mass is 10.1. The fraction of sp³-hybridized carbons (Fsp3) is 0.429. The number of rotatable bonds is 7. The molecule has 0 unspecified atom stereocenters. The van der Waals surface area contributed by atoms with Gasteiger partial charge in [0.15, 0.2) is 0 Å². The smallest absolute Gasteiger partial charge is 0.237 e. The van der Waals surface area contributed by atoms with Crippen LogP contribution in [0.15, 0.2) is 41.8 Å². The van der Waals surface area contributed by atoms with E-state index in [2.05, 4.69) is 35.3 Å². The van der Waals surface area contributed by atoms with Crippen LogP contribution in [-0.2, 0) is 22.6 Å². The van der Waals surface area contributed by atoms with Gasteiger partial charge in [-0.15, -0.1) is 11.3 Å². The van der Waals surface area contributed by atoms with E-state index < -0.39 is 0 Å². The molecule has 0 bridgehead atoms. The third-order valence-electron chi connectivity index (χ3n) is 5.11. The predicted octanol–water partition coefficient (Wildman–Crippen LogP) is 2.45. The Balaban J connectivity index is 1.59. The summed E-state index contributed by atoms with van der Waals surface area (Å²) in [5.74, 6) is -0.0297. The van der Waals surface area contributed by atoms with Gasteiger partial charge in [0.1, 0.15) is 0 Å². The first-order valence-electron chi connectivity index (χ1n) is 9.37. The van der Waals surface area contributed by atoms with Gasteiger partial charge in [-0.25, -0.2) is 0 Å². The monoisotopic (exact) mass is 385 g/mol. The molecule has 1 aliphatic heterocycles. The maximum atomic E-state index is 12.7. The fourth-order valence-electron chi connectivity index (χ4n) is 3.36. The van der Waals surface area contributed by atoms with Gasteiger partial charge in [-0.05, 0) is 35.9 Å². The van der Waals surface area contributed by atoms with E-state index in [0.29, 0.717) is 13.1 Å². The van der Waals surface area contributed by atoms with Gasteiger partial charge in [0.05, 0.1) is 19.0 Å². The fourth-order valence-corrected chi connectivity index (χ4v) is 4.32. The largest absolute Gasteiger partial charge is 0.353 e. The quantitative estimate of drug-likeness (QED) is 0.797. The van der Waals surface area contributed by atoms with Gasteiger partial charge in [0.25, 0.3) is 0 Å². The molecule has 144 valence electrons. The van der Waals surface area contributed by atoms with E-state index in [1.165, 1.54) is 16.0 Å². The second kappa shape index (κ2) is 9.15. The van der Waals surface area contributed by atoms with Gasteiger partial charge < -0.3 is 10.2 Å². The molecule has 2 heterocycles. The minimum absolute atomic E-state index is 0.00885. The van der Waals surface area contributed by atoms with Gasteiger partial charge in [-0.3, -0.25) is 14.5 Å². The highest BCUT2D eigenvalue weighted by Gasteiger charge is 2.32. The summed E-state index contributed by atoms with van der Waals surface area (Å²) in [5, 5.41) is 4.95. The second-order valence-electron chi connectivity index (χ2n) is 7.06. The van der Waals surface area contributed by atoms with E-state index in [4.69, 9.17) is 0 Å². The van der Waals surface area contributed by atoms with Gasteiger partial charge in [-0.2, -0.15) is 0 Å². The van der Waals surface area contributed by atoms with Crippen LogP contribution < -0.4 is 5.32 Å². The Morgan fingerprint density at radius 2 is 2.07 bits per heavy atom. The maximum Gasteiger partial charge on any atom is 0.237 e. The van der Waals surface area contributed by atoms with Crippen molar-refractivity contribution in [2.75, 3.05) is 26.7 Å². The third kappa shape index (κ3) is 5.17. The average Bonchev–Trinajstić information content (AvgIpc) is 3.07. The Kier molecular flexibility index (Phi) is 6.63. The molecule has 1 N–H and O–H groups in total. The van der Waals surface area contributed by atoms with E-state index in [1.807, 2.05) is 30.6 Å². The summed E-state index contributed by atoms with van der Waals surface area (Å²) in [6.07, 6.45) is 1.10. The molecule has 1 saturated heterocycles. The summed E-state index contributed by atoms with van der Waals surface area (Å²) in [4.78, 5) is 30.2. The number of nitrogens with zero attached hydrogens (tertiary/aromatic N) is 2. The second-order valence-corrected chi connectivity index (χ2v) is 8.06. The molecule has 1 aliphatic rings. The van der Waals surface area contributed by atoms with Crippen molar-refractivity contribution < 1.29 is 9.59 Å². The Hall–Kier alpha value is -2.18. The Labute approximate surface area is 165 Å². The third-order valence-corrected chi connectivity index (χ3v) is 6.12. The highest BCUT2D eigenvalue weighted by atomic mass is 32.1. The summed E-state index contributed by atoms with van der Waals surface area (Å²) in [6, 6.07) is 11.9. The number of hydrogen-bond donors (Lipinski definition) is 1. The number of aryl methyl sites for hydroxylation is 1. The van der Waals surface area contributed by atoms with Gasteiger partial charge >= 0.3 is 0 Å². The normalized spacial score (nSPS) is 17.6. The lowest BCUT2D eigenvalue weighted by Crippen LogP contribution is -2.56. The van der Waals surface area contributed by atoms with Crippen molar-refractivity contribution in [3.8, 4) is 0 Å². The summed E-state index contributed by atoms with van der Waals surface area (Å²) in [7, 11) is 1.82. The molecular weight excluding hydrogens is 358 g/mol. The molecule has 1 aromatic heterocycles. The molecule has 2 aromatic rings. The molecule has 6 heteroatoms. The van der Waals surface area contributed by atoms with Crippen molar-refractivity contribution in [2.45, 2.75) is 32.4 Å². The summed E-state index contributed by atoms with van der Waals surface area (Å²) in [6.45, 7) is 4.86. The molecule has 0 saturated carbocycles. The van der Waals surface area contributed by atoms with Crippen LogP contribution in [-0.4, -0.2) is 54.3 Å². The molecule has 0 spiro atoms. The SMILES string of the molecule is Cc1ccsc1CN(C)C(=O)C[C@H]1C(=O)NCCN1CCc1ccccc1. The van der Waals surface area contributed by atoms with Crippen LogP contribution in [0.3, 0.4) is 0 Å². The lowest BCUT2D eigenvalue weighted by molar-refractivity contribution is -0.138. The zero-order valence-corrected chi connectivity index (χ0v) is 16.8. The molecule has 1 fully saturated rings. The topological polar surface area (TPSA) is 52.7 Å². The lowest BCUT2D eigenvalue weighted by Gasteiger charge is -2.35. The standard InChI is InChI=1S/C21H27N3O2S/c1-16-9-13-27-19(16)15-23(2)20(25)14-18-21(26)22-10-12-24(18)11-8-17-6-4-3-5-7-17/h3-7,9,13,18H,8,10-12,14-15H2,1-2H3,(H,22,26)/t18-/m0/s1. The molecule has 0 radical (unpaired) electrons. The van der Waals surface area contributed by atoms with Crippen molar-refractivity contribution in [1.29, 1.82) is 0 Å². The first-order chi connectivity index (χ1) is 13.0. The number of piperazine rings is 1. The zero-order chi connectivity index (χ0) is 19.2. The highest BCUT2D eigenvalue weighted by Crippen LogP contribution is 2.19. The number of carbonyl (C=O) groups excluding carboxylic acids is 2. The minimum atomic E-state index is -0.387. The predicted molar refractivity (Wildman–Crippen MR) is 109 cm³/mol. The Morgan fingerprint density at radius 1 is 1.30 bits per heavy atom. The van der Waals surface area contributed by atoms with Crippen LogP contribution in [0, 0.1) is 6.92 Å². The van der Waals surface area contributed by atoms with Gasteiger partial charge in [0.2, 0.25) is 11.8 Å². The molecule has 2 amide bonds. The first kappa shape index (κ1) is 19.6. The van der Waals surface area contributed by atoms with Crippen molar-refractivity contribution >= 4 is 23.2 Å². The summed E-state index contributed by atoms with van der Waals surface area (Å²) >= 11 is 1.66. The summed E-state index contributed by atoms with van der Waals surface area (Å²) in [5.41, 5.74) is 2.46. The summed E-state index contributed by atoms with van der Waals surface area (Å²) < 4.78 is 0. The van der Waals surface area contributed by atoms with Crippen LogP contribution in [0.2, 0.25) is 0 Å². The number of nitrogens with one attached hydrogen (secondary N) is 1. The number of benzene rings is 1. The molecule has 1 atom stereocenters. The number of carbonyl (C=O) groups is 2. The van der Waals surface area contributed by atoms with E-state index in [-0.39, 0.29) is 24.3 Å². The van der Waals surface area contributed by atoms with E-state index in [0.717, 1.165) is 19.5 Å². The first-order valence-corrected chi connectivity index (χ1v) is 10.2. The van der Waals surface area contributed by atoms with Crippen LogP contribution in [0.5, 0.6) is 0 Å². The Bertz CT molecular complexity index is 775. The number of thiophene rings is 1. The van der Waals surface area contributed by atoms with Crippen molar-refractivity contribution in [3.63, 3.8) is 0 Å². The van der Waals surface area contributed by atoms with Crippen molar-refractivity contribution in [2.24, 2.45) is 0 Å². The van der Waals surface area contributed by atoms with Crippen LogP contribution >= 0.6 is 11.3 Å². The minimum Gasteiger partial charge on any atom is -0.353 e. The number of amides is 2. The van der Waals surface area contributed by atoms with Gasteiger partial charge in [0, 0.05) is 31.6 Å². The zero-order valence-electron chi connectivity index (χ0n) is 16.0. The van der Waals surface area contributed by atoms with E-state index in [1.54, 1.807) is 16.2 Å². The van der Waals surface area contributed by atoms with Crippen molar-refractivity contribution in [3.05, 3.63) is 57.8 Å². The van der Waals surface area contributed by atoms with E-state index >= 15 is 0 Å². The molecule has 1 aromatic carbocycles. The molecule has 5 nitrogen and oxygen atoms in total. The van der Waals surface area contributed by atoms with Gasteiger partial charge in [-0.1, -0.05) is 30.3 Å². The van der Waals surface area contributed by atoms with E-state index in [9.17, 15) is 9.59 Å². The molecule has 3 rings (SSSR count).